The molecule has 0 unspecified atom stereocenters. The summed E-state index contributed by atoms with van der Waals surface area (Å²) in [6, 6.07) is 14.9. The van der Waals surface area contributed by atoms with E-state index in [2.05, 4.69) is 53.0 Å². The normalized spacial score (nSPS) is 15.3. The van der Waals surface area contributed by atoms with Crippen molar-refractivity contribution in [2.75, 3.05) is 20.3 Å². The zero-order chi connectivity index (χ0) is 32.5. The van der Waals surface area contributed by atoms with Gasteiger partial charge in [0.15, 0.2) is 17.7 Å². The Morgan fingerprint density at radius 3 is 2.64 bits per heavy atom. The number of aliphatic hydroxyl groups excluding tert-OH is 1. The van der Waals surface area contributed by atoms with E-state index < -0.39 is 24.3 Å². The first-order chi connectivity index (χ1) is 21.6. The van der Waals surface area contributed by atoms with Crippen LogP contribution in [0.25, 0.3) is 0 Å². The Kier molecular flexibility index (Phi) is 12.1. The molecule has 45 heavy (non-hydrogen) atoms. The molecule has 4 rings (SSSR count). The van der Waals surface area contributed by atoms with E-state index in [0.717, 1.165) is 10.0 Å². The molecule has 0 aliphatic carbocycles. The number of carbonyl (C=O) groups is 2. The summed E-state index contributed by atoms with van der Waals surface area (Å²) >= 11 is 13.3. The van der Waals surface area contributed by atoms with E-state index in [9.17, 15) is 14.7 Å². The number of hydrogen-bond acceptors (Lipinski definition) is 9. The largest absolute Gasteiger partial charge is 0.490 e. The van der Waals surface area contributed by atoms with E-state index in [1.54, 1.807) is 31.2 Å². The Morgan fingerprint density at radius 2 is 1.91 bits per heavy atom. The molecule has 0 fully saturated rings. The minimum absolute atomic E-state index is 0.175. The third-order valence-electron chi connectivity index (χ3n) is 6.47. The summed E-state index contributed by atoms with van der Waals surface area (Å²) in [7, 11) is 1.27. The maximum Gasteiger partial charge on any atom is 0.337 e. The number of urea groups is 1. The molecule has 11 nitrogen and oxygen atoms in total. The van der Waals surface area contributed by atoms with Crippen LogP contribution in [0.4, 0.5) is 4.79 Å². The highest BCUT2D eigenvalue weighted by molar-refractivity contribution is 9.11. The average Bonchev–Trinajstić information content (AvgIpc) is 3.00. The molecule has 4 N–H and O–H groups in total. The monoisotopic (exact) mass is 764 g/mol. The van der Waals surface area contributed by atoms with Gasteiger partial charge in [0.05, 0.1) is 36.0 Å². The van der Waals surface area contributed by atoms with Crippen molar-refractivity contribution in [2.45, 2.75) is 32.7 Å². The van der Waals surface area contributed by atoms with Gasteiger partial charge in [-0.1, -0.05) is 51.8 Å². The van der Waals surface area contributed by atoms with Crippen LogP contribution in [-0.4, -0.2) is 49.9 Å². The van der Waals surface area contributed by atoms with E-state index >= 15 is 0 Å². The van der Waals surface area contributed by atoms with Gasteiger partial charge in [-0.3, -0.25) is 5.43 Å². The number of benzene rings is 3. The lowest BCUT2D eigenvalue weighted by Gasteiger charge is -2.28. The fourth-order valence-corrected chi connectivity index (χ4v) is 5.97. The number of nitrogens with one attached hydrogen (secondary N) is 3. The highest BCUT2D eigenvalue weighted by atomic mass is 79.9. The standard InChI is InChI=1S/C31H31Br2ClN4O7/c1-4-43-25-12-18(28-27(30(40)42-3)17(2)36-31(41)37-28)9-10-24(25)44-16-26(39)38-35-14-20-11-21(32)13-22(33)29(20)45-15-19-7-5-6-8-23(19)34/h5-14,26,28,38-39H,4,15-16H2,1-3H3,(H2,36,37,41)/b35-14+/t26-,28-/m0/s1. The van der Waals surface area contributed by atoms with Crippen molar-refractivity contribution in [3.8, 4) is 17.2 Å². The Labute approximate surface area is 282 Å². The van der Waals surface area contributed by atoms with Crippen molar-refractivity contribution in [1.82, 2.24) is 16.1 Å². The number of amides is 2. The van der Waals surface area contributed by atoms with Gasteiger partial charge in [0.25, 0.3) is 0 Å². The van der Waals surface area contributed by atoms with Crippen LogP contribution in [0, 0.1) is 0 Å². The van der Waals surface area contributed by atoms with Crippen LogP contribution in [0.3, 0.4) is 0 Å². The van der Waals surface area contributed by atoms with Crippen molar-refractivity contribution < 1.29 is 33.6 Å². The summed E-state index contributed by atoms with van der Waals surface area (Å²) in [5, 5.41) is 20.6. The lowest BCUT2D eigenvalue weighted by Crippen LogP contribution is -2.45. The van der Waals surface area contributed by atoms with Crippen molar-refractivity contribution in [3.05, 3.63) is 96.5 Å². The lowest BCUT2D eigenvalue weighted by atomic mass is 9.95. The molecule has 3 aromatic carbocycles. The number of hydrogen-bond donors (Lipinski definition) is 4. The second-order valence-corrected chi connectivity index (χ2v) is 11.8. The molecule has 2 atom stereocenters. The predicted octanol–water partition coefficient (Wildman–Crippen LogP) is 5.96. The molecular formula is C31H31Br2ClN4O7. The fraction of sp³-hybridized carbons (Fsp3) is 0.258. The summed E-state index contributed by atoms with van der Waals surface area (Å²) in [5.41, 5.74) is 5.34. The van der Waals surface area contributed by atoms with Crippen LogP contribution in [0.15, 0.2) is 79.9 Å². The molecular weight excluding hydrogens is 736 g/mol. The summed E-state index contributed by atoms with van der Waals surface area (Å²) in [4.78, 5) is 24.6. The first-order valence-corrected chi connectivity index (χ1v) is 15.7. The van der Waals surface area contributed by atoms with Gasteiger partial charge in [0, 0.05) is 26.3 Å². The minimum Gasteiger partial charge on any atom is -0.490 e. The van der Waals surface area contributed by atoms with E-state index in [1.165, 1.54) is 13.3 Å². The van der Waals surface area contributed by atoms with Crippen LogP contribution in [0.5, 0.6) is 17.2 Å². The Bertz CT molecular complexity index is 1620. The van der Waals surface area contributed by atoms with E-state index in [0.29, 0.717) is 50.2 Å². The molecule has 1 aliphatic rings. The number of ether oxygens (including phenoxy) is 4. The number of allylic oxidation sites excluding steroid dienone is 1. The number of aliphatic hydroxyl groups is 1. The highest BCUT2D eigenvalue weighted by Crippen LogP contribution is 2.35. The number of methoxy groups -OCH3 is 1. The summed E-state index contributed by atoms with van der Waals surface area (Å²) in [6.07, 6.45) is 0.335. The Hall–Kier alpha value is -3.78. The zero-order valence-electron chi connectivity index (χ0n) is 24.5. The topological polar surface area (TPSA) is 140 Å². The van der Waals surface area contributed by atoms with Crippen molar-refractivity contribution in [2.24, 2.45) is 5.10 Å². The van der Waals surface area contributed by atoms with Gasteiger partial charge in [-0.2, -0.15) is 5.10 Å². The smallest absolute Gasteiger partial charge is 0.337 e. The lowest BCUT2D eigenvalue weighted by molar-refractivity contribution is -0.136. The molecule has 0 radical (unpaired) electrons. The number of carbonyl (C=O) groups excluding carboxylic acids is 2. The molecule has 14 heteroatoms. The maximum absolute atomic E-state index is 12.5. The van der Waals surface area contributed by atoms with Gasteiger partial charge in [0.1, 0.15) is 19.0 Å². The van der Waals surface area contributed by atoms with Crippen LogP contribution >= 0.6 is 43.5 Å². The van der Waals surface area contributed by atoms with Gasteiger partial charge in [0.2, 0.25) is 0 Å². The van der Waals surface area contributed by atoms with Crippen molar-refractivity contribution >= 4 is 61.7 Å². The number of nitrogens with zero attached hydrogens (tertiary/aromatic N) is 1. The molecule has 1 heterocycles. The summed E-state index contributed by atoms with van der Waals surface area (Å²) in [5.74, 6) is 0.672. The van der Waals surface area contributed by atoms with Crippen LogP contribution < -0.4 is 30.3 Å². The third kappa shape index (κ3) is 8.91. The average molecular weight is 767 g/mol. The second-order valence-electron chi connectivity index (χ2n) is 9.60. The number of esters is 1. The van der Waals surface area contributed by atoms with Gasteiger partial charge < -0.3 is 34.7 Å². The molecule has 0 aromatic heterocycles. The Morgan fingerprint density at radius 1 is 1.13 bits per heavy atom. The van der Waals surface area contributed by atoms with Gasteiger partial charge in [-0.15, -0.1) is 0 Å². The van der Waals surface area contributed by atoms with E-state index in [-0.39, 0.29) is 18.8 Å². The SMILES string of the molecule is CCOc1cc([C@@H]2NC(=O)NC(C)=C2C(=O)OC)ccc1OC[C@H](O)N/N=C/c1cc(Br)cc(Br)c1OCc1ccccc1Cl. The van der Waals surface area contributed by atoms with Crippen LogP contribution in [0.1, 0.15) is 36.6 Å². The van der Waals surface area contributed by atoms with Crippen molar-refractivity contribution in [3.63, 3.8) is 0 Å². The van der Waals surface area contributed by atoms with Crippen LogP contribution in [-0.2, 0) is 16.1 Å². The second kappa shape index (κ2) is 16.0. The molecule has 0 saturated heterocycles. The minimum atomic E-state index is -1.18. The number of hydrazone groups is 1. The first kappa shape index (κ1) is 34.1. The fourth-order valence-electron chi connectivity index (χ4n) is 4.41. The molecule has 0 saturated carbocycles. The number of rotatable bonds is 13. The van der Waals surface area contributed by atoms with Gasteiger partial charge in [-0.05, 0) is 65.7 Å². The summed E-state index contributed by atoms with van der Waals surface area (Å²) in [6.45, 7) is 3.83. The van der Waals surface area contributed by atoms with Crippen LogP contribution in [0.2, 0.25) is 5.02 Å². The van der Waals surface area contributed by atoms with Crippen molar-refractivity contribution in [1.29, 1.82) is 0 Å². The third-order valence-corrected chi connectivity index (χ3v) is 7.88. The Balaban J connectivity index is 1.43. The quantitative estimate of drug-likeness (QED) is 0.0724. The molecule has 1 aliphatic heterocycles. The first-order valence-electron chi connectivity index (χ1n) is 13.7. The van der Waals surface area contributed by atoms with Gasteiger partial charge in [-0.25, -0.2) is 9.59 Å². The van der Waals surface area contributed by atoms with E-state index in [4.69, 9.17) is 30.5 Å². The predicted molar refractivity (Wildman–Crippen MR) is 177 cm³/mol. The molecule has 3 aromatic rings. The summed E-state index contributed by atoms with van der Waals surface area (Å²) < 4.78 is 24.1. The maximum atomic E-state index is 12.5. The number of halogens is 3. The molecule has 0 spiro atoms. The molecule has 238 valence electrons. The molecule has 0 bridgehead atoms. The molecule has 2 amide bonds. The zero-order valence-corrected chi connectivity index (χ0v) is 28.5. The highest BCUT2D eigenvalue weighted by Gasteiger charge is 2.32. The van der Waals surface area contributed by atoms with E-state index in [1.807, 2.05) is 37.3 Å². The van der Waals surface area contributed by atoms with Gasteiger partial charge >= 0.3 is 12.0 Å².